The molecule has 6 heteroatoms. The highest BCUT2D eigenvalue weighted by molar-refractivity contribution is 5.68. The Morgan fingerprint density at radius 3 is 1.84 bits per heavy atom. The number of carbonyl (C=O) groups is 1. The molecule has 37 heavy (non-hydrogen) atoms. The molecule has 8 saturated carbocycles. The van der Waals surface area contributed by atoms with Crippen LogP contribution >= 0.6 is 0 Å². The van der Waals surface area contributed by atoms with Crippen molar-refractivity contribution in [2.75, 3.05) is 6.61 Å². The first-order chi connectivity index (χ1) is 17.5. The maximum absolute atomic E-state index is 12.3. The Morgan fingerprint density at radius 1 is 0.892 bits per heavy atom. The Bertz CT molecular complexity index is 902. The van der Waals surface area contributed by atoms with Crippen LogP contribution in [0.1, 0.15) is 96.5 Å². The molecule has 0 heterocycles. The van der Waals surface area contributed by atoms with Crippen molar-refractivity contribution >= 4 is 6.09 Å². The molecule has 8 fully saturated rings. The molecule has 206 valence electrons. The molecule has 9 rings (SSSR count). The quantitative estimate of drug-likeness (QED) is 0.442. The molecule has 2 unspecified atom stereocenters. The van der Waals surface area contributed by atoms with Crippen LogP contribution in [0.5, 0.6) is 0 Å². The van der Waals surface area contributed by atoms with Crippen LogP contribution in [0.3, 0.4) is 0 Å². The van der Waals surface area contributed by atoms with E-state index in [9.17, 15) is 4.79 Å². The lowest BCUT2D eigenvalue weighted by molar-refractivity contribution is -0.0701. The molecular formula is C31H49N3O3. The molecule has 8 aliphatic rings. The third-order valence-electron chi connectivity index (χ3n) is 10.1. The Kier molecular flexibility index (Phi) is 7.40. The van der Waals surface area contributed by atoms with Crippen molar-refractivity contribution in [2.24, 2.45) is 40.6 Å². The minimum Gasteiger partial charge on any atom is -0.445 e. The maximum Gasteiger partial charge on any atom is 0.407 e. The van der Waals surface area contributed by atoms with Crippen LogP contribution < -0.4 is 16.8 Å². The average Bonchev–Trinajstić information content (AvgIpc) is 2.75. The van der Waals surface area contributed by atoms with E-state index >= 15 is 0 Å². The van der Waals surface area contributed by atoms with Gasteiger partial charge >= 0.3 is 6.09 Å². The van der Waals surface area contributed by atoms with Gasteiger partial charge in [-0.25, -0.2) is 4.79 Å². The highest BCUT2D eigenvalue weighted by atomic mass is 16.5. The van der Waals surface area contributed by atoms with Crippen LogP contribution in [0.2, 0.25) is 0 Å². The third kappa shape index (κ3) is 6.17. The van der Waals surface area contributed by atoms with E-state index in [4.69, 9.17) is 21.3 Å². The predicted octanol–water partition coefficient (Wildman–Crippen LogP) is 5.27. The molecule has 8 bridgehead atoms. The van der Waals surface area contributed by atoms with Crippen molar-refractivity contribution < 1.29 is 14.6 Å². The topological polar surface area (TPSA) is 111 Å². The van der Waals surface area contributed by atoms with E-state index in [-0.39, 0.29) is 29.3 Å². The first-order valence-electron chi connectivity index (χ1n) is 14.7. The number of benzene rings is 1. The number of hydrogen-bond donors (Lipinski definition) is 4. The van der Waals surface area contributed by atoms with E-state index in [1.807, 2.05) is 30.3 Å². The number of alkyl carbamates (subject to hydrolysis) is 1. The largest absolute Gasteiger partial charge is 0.445 e. The van der Waals surface area contributed by atoms with Crippen molar-refractivity contribution in [3.63, 3.8) is 0 Å². The van der Waals surface area contributed by atoms with Crippen molar-refractivity contribution in [2.45, 2.75) is 114 Å². The second-order valence-corrected chi connectivity index (χ2v) is 14.2. The lowest BCUT2D eigenvalue weighted by Crippen LogP contribution is -2.66. The fourth-order valence-electron chi connectivity index (χ4n) is 10.2. The number of ether oxygens (including phenoxy) is 1. The lowest BCUT2D eigenvalue weighted by atomic mass is 9.47. The van der Waals surface area contributed by atoms with Gasteiger partial charge in [-0.05, 0) is 119 Å². The van der Waals surface area contributed by atoms with Crippen LogP contribution in [0.4, 0.5) is 4.79 Å². The minimum absolute atomic E-state index is 0.00655. The molecule has 0 aromatic heterocycles. The van der Waals surface area contributed by atoms with Gasteiger partial charge in [0.2, 0.25) is 0 Å². The van der Waals surface area contributed by atoms with Crippen LogP contribution in [0.15, 0.2) is 30.3 Å². The van der Waals surface area contributed by atoms with E-state index in [1.54, 1.807) is 6.92 Å². The zero-order valence-corrected chi connectivity index (χ0v) is 23.0. The standard InChI is InChI=1S/C19H25NO2.C10H18N2.C2H6O/c1-18-8-15-7-16(9-18)11-19(10-15,13-18)20-17(21)22-12-14-5-3-2-4-6-14;11-9-2-7-1-8(4-9)5-10(12,3-7)6-9;1-2-3/h2-6,15-16H,7-13H2,1H3,(H,20,21);7-8H,1-6,11-12H2;3H,2H2,1H3. The molecule has 0 spiro atoms. The Morgan fingerprint density at radius 2 is 1.38 bits per heavy atom. The van der Waals surface area contributed by atoms with E-state index < -0.39 is 0 Å². The molecule has 6 N–H and O–H groups in total. The number of amides is 1. The van der Waals surface area contributed by atoms with Gasteiger partial charge in [-0.1, -0.05) is 37.3 Å². The first kappa shape index (κ1) is 27.0. The SMILES string of the molecule is CC12CC3CC(C1)CC(NC(=O)OCc1ccccc1)(C3)C2.CCO.NC12CC3CC(C1)CC(N)(C3)C2. The molecule has 1 aromatic carbocycles. The summed E-state index contributed by atoms with van der Waals surface area (Å²) in [5, 5.41) is 10.8. The molecule has 2 atom stereocenters. The van der Waals surface area contributed by atoms with Gasteiger partial charge in [0.15, 0.2) is 0 Å². The molecule has 6 nitrogen and oxygen atoms in total. The lowest BCUT2D eigenvalue weighted by Gasteiger charge is -2.61. The summed E-state index contributed by atoms with van der Waals surface area (Å²) in [5.41, 5.74) is 14.4. The zero-order valence-electron chi connectivity index (χ0n) is 23.0. The van der Waals surface area contributed by atoms with Crippen LogP contribution in [-0.4, -0.2) is 34.4 Å². The number of aliphatic hydroxyl groups excluding tert-OH is 1. The first-order valence-corrected chi connectivity index (χ1v) is 14.7. The van der Waals surface area contributed by atoms with Gasteiger partial charge in [0, 0.05) is 23.2 Å². The molecule has 0 saturated heterocycles. The van der Waals surface area contributed by atoms with E-state index in [2.05, 4.69) is 12.2 Å². The van der Waals surface area contributed by atoms with Gasteiger partial charge in [-0.15, -0.1) is 0 Å². The zero-order chi connectivity index (χ0) is 26.3. The van der Waals surface area contributed by atoms with Gasteiger partial charge in [-0.2, -0.15) is 0 Å². The van der Waals surface area contributed by atoms with Crippen molar-refractivity contribution in [1.29, 1.82) is 0 Å². The predicted molar refractivity (Wildman–Crippen MR) is 147 cm³/mol. The van der Waals surface area contributed by atoms with E-state index in [1.165, 1.54) is 51.4 Å². The molecule has 1 aromatic rings. The summed E-state index contributed by atoms with van der Waals surface area (Å²) in [4.78, 5) is 12.3. The fourth-order valence-corrected chi connectivity index (χ4v) is 10.2. The van der Waals surface area contributed by atoms with Crippen LogP contribution in [0, 0.1) is 29.1 Å². The maximum atomic E-state index is 12.3. The Hall–Kier alpha value is -1.63. The summed E-state index contributed by atoms with van der Waals surface area (Å²) in [6, 6.07) is 9.88. The summed E-state index contributed by atoms with van der Waals surface area (Å²) in [6.07, 6.45) is 14.8. The number of rotatable bonds is 3. The van der Waals surface area contributed by atoms with Gasteiger partial charge in [0.25, 0.3) is 0 Å². The fraction of sp³-hybridized carbons (Fsp3) is 0.774. The van der Waals surface area contributed by atoms with Gasteiger partial charge in [0.1, 0.15) is 6.61 Å². The second kappa shape index (κ2) is 10.2. The van der Waals surface area contributed by atoms with Crippen molar-refractivity contribution in [3.05, 3.63) is 35.9 Å². The number of nitrogens with one attached hydrogen (secondary N) is 1. The van der Waals surface area contributed by atoms with Crippen LogP contribution in [0.25, 0.3) is 0 Å². The number of carbonyl (C=O) groups excluding carboxylic acids is 1. The second-order valence-electron chi connectivity index (χ2n) is 14.2. The van der Waals surface area contributed by atoms with Gasteiger partial charge in [-0.3, -0.25) is 0 Å². The highest BCUT2D eigenvalue weighted by Gasteiger charge is 2.57. The molecule has 0 aliphatic heterocycles. The highest BCUT2D eigenvalue weighted by Crippen LogP contribution is 2.61. The summed E-state index contributed by atoms with van der Waals surface area (Å²) in [5.74, 6) is 3.34. The molecule has 0 radical (unpaired) electrons. The summed E-state index contributed by atoms with van der Waals surface area (Å²) >= 11 is 0. The summed E-state index contributed by atoms with van der Waals surface area (Å²) < 4.78 is 5.45. The smallest absolute Gasteiger partial charge is 0.407 e. The number of nitrogens with two attached hydrogens (primary N) is 2. The van der Waals surface area contributed by atoms with Gasteiger partial charge < -0.3 is 26.6 Å². The molecular weight excluding hydrogens is 462 g/mol. The Labute approximate surface area is 223 Å². The van der Waals surface area contributed by atoms with Crippen molar-refractivity contribution in [3.8, 4) is 0 Å². The monoisotopic (exact) mass is 511 g/mol. The van der Waals surface area contributed by atoms with E-state index in [0.29, 0.717) is 12.0 Å². The molecule has 1 amide bonds. The average molecular weight is 512 g/mol. The summed E-state index contributed by atoms with van der Waals surface area (Å²) in [7, 11) is 0. The van der Waals surface area contributed by atoms with Crippen LogP contribution in [-0.2, 0) is 11.3 Å². The Balaban J connectivity index is 0.000000156. The van der Waals surface area contributed by atoms with E-state index in [0.717, 1.165) is 54.9 Å². The normalized spacial score (nSPS) is 43.8. The third-order valence-corrected chi connectivity index (χ3v) is 10.1. The van der Waals surface area contributed by atoms with Gasteiger partial charge in [0.05, 0.1) is 0 Å². The number of hydrogen-bond acceptors (Lipinski definition) is 5. The summed E-state index contributed by atoms with van der Waals surface area (Å²) in [6.45, 7) is 4.70. The van der Waals surface area contributed by atoms with Crippen molar-refractivity contribution in [1.82, 2.24) is 5.32 Å². The number of aliphatic hydroxyl groups is 1. The minimum atomic E-state index is -0.241. The molecule has 8 aliphatic carbocycles.